The molecule has 2 N–H and O–H groups in total. The van der Waals surface area contributed by atoms with Crippen molar-refractivity contribution in [2.75, 3.05) is 0 Å². The first kappa shape index (κ1) is 26.2. The zero-order chi connectivity index (χ0) is 29.3. The summed E-state index contributed by atoms with van der Waals surface area (Å²) in [5, 5.41) is 19.3. The minimum absolute atomic E-state index is 0.0126. The van der Waals surface area contributed by atoms with Crippen LogP contribution in [0.5, 0.6) is 0 Å². The fourth-order valence-electron chi connectivity index (χ4n) is 5.40. The Bertz CT molecular complexity index is 2200. The standard InChI is InChI=1S/C36H21BrN6/c37-36-32-17-15-30(42-32)34(23-7-3-1-4-8-23)28-13-11-26(40-28)25(19-22(20-38)21-39)27-12-14-29(41-27)35(24-9-5-2-6-10-24)31-16-18-33(36)43-31/h1-19,40,43H. The van der Waals surface area contributed by atoms with E-state index in [0.29, 0.717) is 11.3 Å². The molecule has 0 atom stereocenters. The second kappa shape index (κ2) is 10.9. The molecule has 5 aromatic rings. The number of hydrogen-bond donors (Lipinski definition) is 2. The molecule has 202 valence electrons. The molecule has 2 aromatic carbocycles. The van der Waals surface area contributed by atoms with Gasteiger partial charge in [0.25, 0.3) is 0 Å². The first-order chi connectivity index (χ1) is 21.1. The second-order valence-corrected chi connectivity index (χ2v) is 10.8. The molecule has 0 saturated heterocycles. The molecule has 3 aromatic heterocycles. The lowest BCUT2D eigenvalue weighted by Gasteiger charge is -2.04. The number of nitriles is 2. The van der Waals surface area contributed by atoms with Crippen molar-refractivity contribution in [3.05, 3.63) is 123 Å². The summed E-state index contributed by atoms with van der Waals surface area (Å²) in [5.74, 6) is 0. The number of nitrogens with zero attached hydrogens (tertiary/aromatic N) is 4. The lowest BCUT2D eigenvalue weighted by atomic mass is 10.0. The summed E-state index contributed by atoms with van der Waals surface area (Å²) in [6, 6.07) is 32.2. The van der Waals surface area contributed by atoms with Crippen molar-refractivity contribution in [2.45, 2.75) is 0 Å². The molecule has 0 aliphatic carbocycles. The van der Waals surface area contributed by atoms with E-state index in [0.717, 1.165) is 65.9 Å². The van der Waals surface area contributed by atoms with Crippen LogP contribution in [0.2, 0.25) is 0 Å². The molecular formula is C36H21BrN6. The van der Waals surface area contributed by atoms with E-state index < -0.39 is 0 Å². The number of H-pyrrole nitrogens is 2. The van der Waals surface area contributed by atoms with Crippen LogP contribution >= 0.6 is 15.9 Å². The van der Waals surface area contributed by atoms with Gasteiger partial charge in [0.05, 0.1) is 32.8 Å². The highest BCUT2D eigenvalue weighted by Crippen LogP contribution is 2.35. The lowest BCUT2D eigenvalue weighted by Crippen LogP contribution is -1.88. The van der Waals surface area contributed by atoms with Gasteiger partial charge < -0.3 is 9.97 Å². The van der Waals surface area contributed by atoms with Crippen LogP contribution in [-0.4, -0.2) is 19.9 Å². The highest BCUT2D eigenvalue weighted by Gasteiger charge is 2.16. The normalized spacial score (nSPS) is 11.6. The van der Waals surface area contributed by atoms with Crippen LogP contribution in [0.25, 0.3) is 74.7 Å². The third kappa shape index (κ3) is 4.78. The van der Waals surface area contributed by atoms with Crippen LogP contribution in [0, 0.1) is 22.7 Å². The molecule has 2 aliphatic rings. The maximum absolute atomic E-state index is 9.64. The number of aromatic amines is 2. The molecule has 7 heteroatoms. The maximum Gasteiger partial charge on any atom is 0.130 e. The summed E-state index contributed by atoms with van der Waals surface area (Å²) < 4.78 is 0.849. The Labute approximate surface area is 255 Å². The van der Waals surface area contributed by atoms with Crippen molar-refractivity contribution >= 4 is 68.4 Å². The van der Waals surface area contributed by atoms with Crippen LogP contribution < -0.4 is 0 Å². The van der Waals surface area contributed by atoms with Crippen LogP contribution in [0.3, 0.4) is 0 Å². The monoisotopic (exact) mass is 616 g/mol. The lowest BCUT2D eigenvalue weighted by molar-refractivity contribution is 1.30. The summed E-state index contributed by atoms with van der Waals surface area (Å²) in [6.45, 7) is 0. The molecule has 0 saturated carbocycles. The van der Waals surface area contributed by atoms with Gasteiger partial charge in [-0.3, -0.25) is 0 Å². The van der Waals surface area contributed by atoms with Crippen LogP contribution in [0.1, 0.15) is 28.3 Å². The van der Waals surface area contributed by atoms with E-state index in [2.05, 4.69) is 50.2 Å². The third-order valence-electron chi connectivity index (χ3n) is 7.38. The first-order valence-corrected chi connectivity index (χ1v) is 14.4. The van der Waals surface area contributed by atoms with Gasteiger partial charge in [-0.1, -0.05) is 60.7 Å². The second-order valence-electron chi connectivity index (χ2n) is 9.99. The number of hydrogen-bond acceptors (Lipinski definition) is 4. The van der Waals surface area contributed by atoms with Gasteiger partial charge in [0, 0.05) is 33.2 Å². The van der Waals surface area contributed by atoms with E-state index in [4.69, 9.17) is 9.97 Å². The summed E-state index contributed by atoms with van der Waals surface area (Å²) in [6.07, 6.45) is 9.50. The van der Waals surface area contributed by atoms with Gasteiger partial charge in [0.15, 0.2) is 0 Å². The molecule has 0 radical (unpaired) electrons. The highest BCUT2D eigenvalue weighted by atomic mass is 79.9. The average molecular weight is 618 g/mol. The number of halogens is 1. The third-order valence-corrected chi connectivity index (χ3v) is 8.22. The van der Waals surface area contributed by atoms with Crippen molar-refractivity contribution in [3.63, 3.8) is 0 Å². The van der Waals surface area contributed by atoms with Crippen LogP contribution in [0.15, 0.2) is 95.0 Å². The van der Waals surface area contributed by atoms with Gasteiger partial charge >= 0.3 is 0 Å². The van der Waals surface area contributed by atoms with Gasteiger partial charge in [-0.15, -0.1) is 0 Å². The number of benzene rings is 2. The molecule has 5 heterocycles. The van der Waals surface area contributed by atoms with Crippen molar-refractivity contribution in [2.24, 2.45) is 0 Å². The van der Waals surface area contributed by atoms with Crippen molar-refractivity contribution in [1.29, 1.82) is 10.5 Å². The Kier molecular flexibility index (Phi) is 6.63. The molecule has 43 heavy (non-hydrogen) atoms. The Morgan fingerprint density at radius 3 is 1.63 bits per heavy atom. The molecule has 7 rings (SSSR count). The quantitative estimate of drug-likeness (QED) is 0.193. The first-order valence-electron chi connectivity index (χ1n) is 13.6. The number of allylic oxidation sites excluding steroid dienone is 1. The Morgan fingerprint density at radius 1 is 0.581 bits per heavy atom. The summed E-state index contributed by atoms with van der Waals surface area (Å²) in [4.78, 5) is 17.2. The van der Waals surface area contributed by atoms with E-state index in [1.807, 2.05) is 97.1 Å². The van der Waals surface area contributed by atoms with E-state index in [9.17, 15) is 10.5 Å². The van der Waals surface area contributed by atoms with Gasteiger partial charge in [0.1, 0.15) is 17.7 Å². The maximum atomic E-state index is 9.64. The summed E-state index contributed by atoms with van der Waals surface area (Å²) in [5.41, 5.74) is 10.9. The predicted octanol–water partition coefficient (Wildman–Crippen LogP) is 9.18. The number of rotatable bonds is 3. The predicted molar refractivity (Wildman–Crippen MR) is 177 cm³/mol. The summed E-state index contributed by atoms with van der Waals surface area (Å²) >= 11 is 3.81. The van der Waals surface area contributed by atoms with Gasteiger partial charge in [-0.05, 0) is 81.7 Å². The Hall–Kier alpha value is -5.76. The Morgan fingerprint density at radius 2 is 1.05 bits per heavy atom. The van der Waals surface area contributed by atoms with E-state index in [1.54, 1.807) is 6.08 Å². The van der Waals surface area contributed by atoms with E-state index in [-0.39, 0.29) is 5.57 Å². The minimum Gasteiger partial charge on any atom is -0.354 e. The zero-order valence-corrected chi connectivity index (χ0v) is 24.2. The largest absolute Gasteiger partial charge is 0.354 e. The topological polar surface area (TPSA) is 105 Å². The zero-order valence-electron chi connectivity index (χ0n) is 22.6. The molecule has 6 nitrogen and oxygen atoms in total. The number of fused-ring (bicyclic) bond motifs is 8. The van der Waals surface area contributed by atoms with Gasteiger partial charge in [-0.2, -0.15) is 10.5 Å². The summed E-state index contributed by atoms with van der Waals surface area (Å²) in [7, 11) is 0. The van der Waals surface area contributed by atoms with E-state index in [1.165, 1.54) is 0 Å². The molecular weight excluding hydrogens is 596 g/mol. The number of nitrogens with one attached hydrogen (secondary N) is 2. The van der Waals surface area contributed by atoms with E-state index >= 15 is 0 Å². The minimum atomic E-state index is -0.0126. The van der Waals surface area contributed by atoms with Crippen LogP contribution in [0.4, 0.5) is 0 Å². The fourth-order valence-corrected chi connectivity index (χ4v) is 5.85. The van der Waals surface area contributed by atoms with Crippen LogP contribution in [-0.2, 0) is 0 Å². The molecule has 0 fully saturated rings. The molecule has 0 spiro atoms. The van der Waals surface area contributed by atoms with Crippen molar-refractivity contribution in [1.82, 2.24) is 19.9 Å². The van der Waals surface area contributed by atoms with Gasteiger partial charge in [0.2, 0.25) is 0 Å². The SMILES string of the molecule is N#CC(C#N)=Cc1c2nc(c(-c3ccccc3)c3ccc([nH]3)c(Br)c3nc(c(-c4ccccc4)c4ccc1[nH]4)C=C3)C=C2. The molecule has 2 aliphatic heterocycles. The molecule has 0 amide bonds. The smallest absolute Gasteiger partial charge is 0.130 e. The molecule has 8 bridgehead atoms. The number of aromatic nitrogens is 4. The average Bonchev–Trinajstić information content (AvgIpc) is 3.87. The molecule has 0 unspecified atom stereocenters. The highest BCUT2D eigenvalue weighted by molar-refractivity contribution is 9.10. The fraction of sp³-hybridized carbons (Fsp3) is 0. The van der Waals surface area contributed by atoms with Gasteiger partial charge in [-0.25, -0.2) is 9.97 Å². The Balaban J connectivity index is 1.68. The van der Waals surface area contributed by atoms with Crippen molar-refractivity contribution < 1.29 is 0 Å². The van der Waals surface area contributed by atoms with Crippen molar-refractivity contribution in [3.8, 4) is 34.4 Å².